The molecule has 104 valence electrons. The van der Waals surface area contributed by atoms with Crippen LogP contribution in [0.25, 0.3) is 0 Å². The maximum Gasteiger partial charge on any atom is 0.0334 e. The Morgan fingerprint density at radius 1 is 1.06 bits per heavy atom. The Morgan fingerprint density at radius 2 is 1.72 bits per heavy atom. The highest BCUT2D eigenvalue weighted by molar-refractivity contribution is 5.07. The number of nitrogens with zero attached hydrogens (tertiary/aromatic N) is 1. The predicted octanol–water partition coefficient (Wildman–Crippen LogP) is 3.03. The summed E-state index contributed by atoms with van der Waals surface area (Å²) in [6.07, 6.45) is 8.82. The summed E-state index contributed by atoms with van der Waals surface area (Å²) in [5, 5.41) is 3.78. The molecule has 0 amide bonds. The van der Waals surface area contributed by atoms with E-state index in [0.717, 1.165) is 11.8 Å². The zero-order chi connectivity index (χ0) is 12.8. The lowest BCUT2D eigenvalue weighted by Crippen LogP contribution is -2.68. The summed E-state index contributed by atoms with van der Waals surface area (Å²) in [4.78, 5) is 2.86. The van der Waals surface area contributed by atoms with Gasteiger partial charge in [-0.3, -0.25) is 4.90 Å². The Labute approximate surface area is 113 Å². The van der Waals surface area contributed by atoms with E-state index in [4.69, 9.17) is 0 Å². The third-order valence-corrected chi connectivity index (χ3v) is 5.64. The molecule has 18 heavy (non-hydrogen) atoms. The third-order valence-electron chi connectivity index (χ3n) is 5.64. The van der Waals surface area contributed by atoms with Gasteiger partial charge in [-0.2, -0.15) is 0 Å². The number of nitrogens with one attached hydrogen (secondary N) is 1. The van der Waals surface area contributed by atoms with E-state index < -0.39 is 0 Å². The number of hydrogen-bond acceptors (Lipinski definition) is 2. The van der Waals surface area contributed by atoms with Gasteiger partial charge in [-0.1, -0.05) is 12.8 Å². The summed E-state index contributed by atoms with van der Waals surface area (Å²) in [5.41, 5.74) is 0.741. The third kappa shape index (κ3) is 2.46. The molecule has 0 aromatic rings. The molecule has 1 saturated heterocycles. The van der Waals surface area contributed by atoms with Crippen LogP contribution < -0.4 is 5.32 Å². The standard InChI is InChI=1S/C16H30N2/c1-15(2)12-18(10-13-6-4-5-7-13)16(3,11-17-15)14-8-9-14/h13-14,17H,4-12H2,1-3H3. The molecule has 0 spiro atoms. The van der Waals surface area contributed by atoms with Gasteiger partial charge in [0.1, 0.15) is 0 Å². The molecular weight excluding hydrogens is 220 g/mol. The molecule has 0 aromatic carbocycles. The van der Waals surface area contributed by atoms with Gasteiger partial charge in [-0.05, 0) is 58.3 Å². The monoisotopic (exact) mass is 250 g/mol. The van der Waals surface area contributed by atoms with Crippen LogP contribution in [0.2, 0.25) is 0 Å². The van der Waals surface area contributed by atoms with Crippen LogP contribution in [0, 0.1) is 11.8 Å². The summed E-state index contributed by atoms with van der Waals surface area (Å²) >= 11 is 0. The minimum absolute atomic E-state index is 0.299. The van der Waals surface area contributed by atoms with Crippen molar-refractivity contribution in [3.05, 3.63) is 0 Å². The van der Waals surface area contributed by atoms with Crippen LogP contribution in [0.5, 0.6) is 0 Å². The van der Waals surface area contributed by atoms with Crippen molar-refractivity contribution in [3.63, 3.8) is 0 Å². The van der Waals surface area contributed by atoms with Crippen LogP contribution >= 0.6 is 0 Å². The van der Waals surface area contributed by atoms with E-state index in [-0.39, 0.29) is 0 Å². The van der Waals surface area contributed by atoms with E-state index in [2.05, 4.69) is 31.0 Å². The van der Waals surface area contributed by atoms with Crippen molar-refractivity contribution in [1.29, 1.82) is 0 Å². The number of hydrogen-bond donors (Lipinski definition) is 1. The van der Waals surface area contributed by atoms with Crippen LogP contribution in [0.4, 0.5) is 0 Å². The Morgan fingerprint density at radius 3 is 2.33 bits per heavy atom. The lowest BCUT2D eigenvalue weighted by atomic mass is 9.85. The predicted molar refractivity (Wildman–Crippen MR) is 76.7 cm³/mol. The summed E-state index contributed by atoms with van der Waals surface area (Å²) in [7, 11) is 0. The van der Waals surface area contributed by atoms with Crippen molar-refractivity contribution in [2.75, 3.05) is 19.6 Å². The zero-order valence-electron chi connectivity index (χ0n) is 12.5. The van der Waals surface area contributed by atoms with Crippen molar-refractivity contribution in [1.82, 2.24) is 10.2 Å². The average Bonchev–Trinajstić information content (AvgIpc) is 3.04. The normalized spacial score (nSPS) is 38.2. The molecular formula is C16H30N2. The Balaban J connectivity index is 1.71. The van der Waals surface area contributed by atoms with Gasteiger partial charge in [0.2, 0.25) is 0 Å². The summed E-state index contributed by atoms with van der Waals surface area (Å²) < 4.78 is 0. The second-order valence-corrected chi connectivity index (χ2v) is 7.90. The Hall–Kier alpha value is -0.0800. The van der Waals surface area contributed by atoms with Gasteiger partial charge in [-0.25, -0.2) is 0 Å². The largest absolute Gasteiger partial charge is 0.309 e. The first-order chi connectivity index (χ1) is 8.50. The first-order valence-electron chi connectivity index (χ1n) is 8.00. The second kappa shape index (κ2) is 4.49. The van der Waals surface area contributed by atoms with Crippen molar-refractivity contribution in [3.8, 4) is 0 Å². The number of rotatable bonds is 3. The van der Waals surface area contributed by atoms with Gasteiger partial charge in [0, 0.05) is 30.7 Å². The van der Waals surface area contributed by atoms with Crippen LogP contribution in [-0.4, -0.2) is 35.6 Å². The van der Waals surface area contributed by atoms with E-state index in [1.807, 2.05) is 0 Å². The highest BCUT2D eigenvalue weighted by Gasteiger charge is 2.50. The molecule has 1 aliphatic heterocycles. The van der Waals surface area contributed by atoms with Gasteiger partial charge in [0.25, 0.3) is 0 Å². The Bertz CT molecular complexity index is 302. The average molecular weight is 250 g/mol. The summed E-state index contributed by atoms with van der Waals surface area (Å²) in [6.45, 7) is 11.0. The van der Waals surface area contributed by atoms with Gasteiger partial charge in [0.05, 0.1) is 0 Å². The van der Waals surface area contributed by atoms with Crippen LogP contribution in [-0.2, 0) is 0 Å². The smallest absolute Gasteiger partial charge is 0.0334 e. The highest BCUT2D eigenvalue weighted by atomic mass is 15.3. The van der Waals surface area contributed by atoms with E-state index in [9.17, 15) is 0 Å². The second-order valence-electron chi connectivity index (χ2n) is 7.90. The first kappa shape index (κ1) is 12.9. The van der Waals surface area contributed by atoms with Gasteiger partial charge < -0.3 is 5.32 Å². The van der Waals surface area contributed by atoms with Gasteiger partial charge in [0.15, 0.2) is 0 Å². The van der Waals surface area contributed by atoms with E-state index in [1.165, 1.54) is 58.2 Å². The molecule has 3 fully saturated rings. The molecule has 3 rings (SSSR count). The molecule has 0 bridgehead atoms. The zero-order valence-corrected chi connectivity index (χ0v) is 12.5. The quantitative estimate of drug-likeness (QED) is 0.828. The fourth-order valence-corrected chi connectivity index (χ4v) is 4.13. The highest BCUT2D eigenvalue weighted by Crippen LogP contribution is 2.45. The SMILES string of the molecule is CC1(C)CN(CC2CCCC2)C(C)(C2CC2)CN1. The maximum absolute atomic E-state index is 3.78. The topological polar surface area (TPSA) is 15.3 Å². The van der Waals surface area contributed by atoms with Gasteiger partial charge in [-0.15, -0.1) is 0 Å². The van der Waals surface area contributed by atoms with Crippen LogP contribution in [0.1, 0.15) is 59.3 Å². The molecule has 0 aromatic heterocycles. The molecule has 2 saturated carbocycles. The minimum atomic E-state index is 0.299. The number of piperazine rings is 1. The molecule has 3 aliphatic rings. The van der Waals surface area contributed by atoms with E-state index >= 15 is 0 Å². The van der Waals surface area contributed by atoms with E-state index in [0.29, 0.717) is 11.1 Å². The van der Waals surface area contributed by atoms with Crippen molar-refractivity contribution >= 4 is 0 Å². The van der Waals surface area contributed by atoms with Crippen molar-refractivity contribution in [2.45, 2.75) is 70.4 Å². The lowest BCUT2D eigenvalue weighted by Gasteiger charge is -2.52. The fourth-order valence-electron chi connectivity index (χ4n) is 4.13. The van der Waals surface area contributed by atoms with Gasteiger partial charge >= 0.3 is 0 Å². The molecule has 1 unspecified atom stereocenters. The van der Waals surface area contributed by atoms with Crippen LogP contribution in [0.3, 0.4) is 0 Å². The minimum Gasteiger partial charge on any atom is -0.309 e. The van der Waals surface area contributed by atoms with E-state index in [1.54, 1.807) is 0 Å². The lowest BCUT2D eigenvalue weighted by molar-refractivity contribution is 0.001000. The van der Waals surface area contributed by atoms with Crippen LogP contribution in [0.15, 0.2) is 0 Å². The molecule has 2 nitrogen and oxygen atoms in total. The molecule has 0 radical (unpaired) electrons. The van der Waals surface area contributed by atoms with Crippen molar-refractivity contribution < 1.29 is 0 Å². The molecule has 2 heteroatoms. The van der Waals surface area contributed by atoms with Crippen molar-refractivity contribution in [2.24, 2.45) is 11.8 Å². The molecule has 1 atom stereocenters. The maximum atomic E-state index is 3.78. The molecule has 2 aliphatic carbocycles. The first-order valence-corrected chi connectivity index (χ1v) is 8.00. The molecule has 1 heterocycles. The summed E-state index contributed by atoms with van der Waals surface area (Å²) in [6, 6.07) is 0. The molecule has 1 N–H and O–H groups in total. The Kier molecular flexibility index (Phi) is 3.22. The summed E-state index contributed by atoms with van der Waals surface area (Å²) in [5.74, 6) is 1.94. The fraction of sp³-hybridized carbons (Fsp3) is 1.00.